The first-order valence-electron chi connectivity index (χ1n) is 11.1. The fourth-order valence-electron chi connectivity index (χ4n) is 2.82. The number of aromatic nitrogens is 2. The Balaban J connectivity index is 2.66. The largest absolute Gasteiger partial charge is 0.481 e. The van der Waals surface area contributed by atoms with Crippen molar-refractivity contribution in [2.45, 2.75) is 37.8 Å². The minimum absolute atomic E-state index is 0.343. The summed E-state index contributed by atoms with van der Waals surface area (Å²) < 4.78 is 0. The van der Waals surface area contributed by atoms with E-state index in [0.717, 1.165) is 0 Å². The molecule has 218 valence electrons. The summed E-state index contributed by atoms with van der Waals surface area (Å²) >= 11 is 0. The fraction of sp³-hybridized carbons (Fsp3) is 0.400. The van der Waals surface area contributed by atoms with Crippen LogP contribution in [0, 0.1) is 0 Å². The molecule has 2 unspecified atom stereocenters. The first-order chi connectivity index (χ1) is 18.6. The second-order valence-electron chi connectivity index (χ2n) is 7.82. The molecule has 0 fully saturated rings. The van der Waals surface area contributed by atoms with Crippen LogP contribution in [0.25, 0.3) is 0 Å². The summed E-state index contributed by atoms with van der Waals surface area (Å²) in [5.74, 6) is -10.7. The maximum Gasteiger partial charge on any atom is 0.326 e. The van der Waals surface area contributed by atoms with Crippen LogP contribution in [0.4, 0.5) is 11.6 Å². The number of aliphatic carboxylic acids is 4. The van der Waals surface area contributed by atoms with Crippen LogP contribution in [0.15, 0.2) is 0 Å². The molecule has 0 aliphatic heterocycles. The van der Waals surface area contributed by atoms with Crippen LogP contribution in [0.2, 0.25) is 0 Å². The number of carbonyl (C=O) groups is 8. The van der Waals surface area contributed by atoms with Gasteiger partial charge in [0.1, 0.15) is 12.1 Å². The number of hydrogen-bond donors (Lipinski definition) is 10. The van der Waals surface area contributed by atoms with Gasteiger partial charge in [-0.3, -0.25) is 28.8 Å². The van der Waals surface area contributed by atoms with Gasteiger partial charge in [-0.2, -0.15) is 0 Å². The van der Waals surface area contributed by atoms with Crippen LogP contribution < -0.4 is 32.7 Å². The molecule has 0 aromatic carbocycles. The molecule has 20 nitrogen and oxygen atoms in total. The number of hydrogen-bond acceptors (Lipinski definition) is 12. The van der Waals surface area contributed by atoms with E-state index >= 15 is 0 Å². The Bertz CT molecular complexity index is 1110. The van der Waals surface area contributed by atoms with Crippen molar-refractivity contribution in [2.75, 3.05) is 24.6 Å². The standard InChI is InChI=1S/C20H26N8O12/c21-15-13(17(35)23-3-1-9(29)25-7(19(37)38)5-11(31)32)27-16(22)14(28-15)18(36)24-4-2-10(30)26-8(20(39)40)6-12(33)34/h7-8H,1-6H2,(H2,22,27)(H2,21,28)(H,23,35)(H,24,36)(H,25,29)(H,26,30)(H,31,32)(H,33,34)(H,37,38)(H,39,40). The minimum Gasteiger partial charge on any atom is -0.481 e. The van der Waals surface area contributed by atoms with Crippen molar-refractivity contribution in [1.29, 1.82) is 0 Å². The van der Waals surface area contributed by atoms with E-state index in [0.29, 0.717) is 0 Å². The van der Waals surface area contributed by atoms with Gasteiger partial charge >= 0.3 is 23.9 Å². The van der Waals surface area contributed by atoms with Crippen LogP contribution in [0.3, 0.4) is 0 Å². The van der Waals surface area contributed by atoms with E-state index in [1.165, 1.54) is 0 Å². The maximum atomic E-state index is 12.3. The van der Waals surface area contributed by atoms with Crippen molar-refractivity contribution < 1.29 is 58.8 Å². The second kappa shape index (κ2) is 15.0. The Labute approximate surface area is 223 Å². The molecule has 2 atom stereocenters. The second-order valence-corrected chi connectivity index (χ2v) is 7.82. The molecule has 1 aromatic heterocycles. The molecule has 0 aliphatic carbocycles. The number of nitrogens with zero attached hydrogens (tertiary/aromatic N) is 2. The molecule has 0 saturated heterocycles. The molecule has 40 heavy (non-hydrogen) atoms. The van der Waals surface area contributed by atoms with Crippen molar-refractivity contribution >= 4 is 59.1 Å². The smallest absolute Gasteiger partial charge is 0.326 e. The number of nitrogen functional groups attached to an aromatic ring is 2. The minimum atomic E-state index is -1.67. The zero-order valence-corrected chi connectivity index (χ0v) is 20.5. The Hall–Kier alpha value is -5.56. The van der Waals surface area contributed by atoms with Crippen molar-refractivity contribution in [1.82, 2.24) is 31.2 Å². The first kappa shape index (κ1) is 32.5. The van der Waals surface area contributed by atoms with Crippen LogP contribution in [0.5, 0.6) is 0 Å². The van der Waals surface area contributed by atoms with Gasteiger partial charge in [0, 0.05) is 25.9 Å². The number of rotatable bonds is 16. The van der Waals surface area contributed by atoms with Crippen LogP contribution in [0.1, 0.15) is 46.7 Å². The lowest BCUT2D eigenvalue weighted by molar-refractivity contribution is -0.147. The summed E-state index contributed by atoms with van der Waals surface area (Å²) in [6.07, 6.45) is -2.58. The molecule has 12 N–H and O–H groups in total. The topological polar surface area (TPSA) is 343 Å². The highest BCUT2D eigenvalue weighted by atomic mass is 16.4. The maximum absolute atomic E-state index is 12.3. The number of carbonyl (C=O) groups excluding carboxylic acids is 4. The Morgan fingerprint density at radius 2 is 0.950 bits per heavy atom. The number of nitrogens with one attached hydrogen (secondary N) is 4. The Morgan fingerprint density at radius 3 is 1.23 bits per heavy atom. The van der Waals surface area contributed by atoms with E-state index in [-0.39, 0.29) is 13.1 Å². The van der Waals surface area contributed by atoms with E-state index < -0.39 is 108 Å². The van der Waals surface area contributed by atoms with Gasteiger partial charge in [0.25, 0.3) is 11.8 Å². The third-order valence-corrected chi connectivity index (χ3v) is 4.68. The van der Waals surface area contributed by atoms with Gasteiger partial charge in [0.2, 0.25) is 11.8 Å². The summed E-state index contributed by atoms with van der Waals surface area (Å²) in [7, 11) is 0. The van der Waals surface area contributed by atoms with Crippen LogP contribution >= 0.6 is 0 Å². The van der Waals surface area contributed by atoms with Crippen molar-refractivity contribution in [3.05, 3.63) is 11.4 Å². The normalized spacial score (nSPS) is 11.8. The van der Waals surface area contributed by atoms with Gasteiger partial charge in [-0.15, -0.1) is 0 Å². The molecule has 0 spiro atoms. The van der Waals surface area contributed by atoms with Gasteiger partial charge in [-0.1, -0.05) is 0 Å². The molecule has 1 rings (SSSR count). The predicted octanol–water partition coefficient (Wildman–Crippen LogP) is -4.03. The monoisotopic (exact) mass is 570 g/mol. The van der Waals surface area contributed by atoms with Crippen molar-refractivity contribution in [3.8, 4) is 0 Å². The van der Waals surface area contributed by atoms with Gasteiger partial charge in [-0.25, -0.2) is 19.6 Å². The van der Waals surface area contributed by atoms with Gasteiger partial charge in [-0.05, 0) is 0 Å². The number of carboxylic acids is 4. The molecule has 1 aromatic rings. The summed E-state index contributed by atoms with van der Waals surface area (Å²) in [5.41, 5.74) is 10.3. The van der Waals surface area contributed by atoms with E-state index in [9.17, 15) is 38.4 Å². The van der Waals surface area contributed by atoms with Crippen LogP contribution in [-0.2, 0) is 28.8 Å². The molecule has 0 bridgehead atoms. The number of amides is 4. The Kier molecular flexibility index (Phi) is 12.2. The lowest BCUT2D eigenvalue weighted by Crippen LogP contribution is -2.43. The number of nitrogens with two attached hydrogens (primary N) is 2. The molecule has 1 heterocycles. The highest BCUT2D eigenvalue weighted by molar-refractivity contribution is 6.01. The third kappa shape index (κ3) is 10.8. The average Bonchev–Trinajstić information content (AvgIpc) is 2.83. The number of carboxylic acid groups (broad SMARTS) is 4. The molecule has 0 aliphatic rings. The molecule has 0 saturated carbocycles. The summed E-state index contributed by atoms with van der Waals surface area (Å²) in [6, 6.07) is -3.35. The van der Waals surface area contributed by atoms with Gasteiger partial charge in [0.05, 0.1) is 12.8 Å². The lowest BCUT2D eigenvalue weighted by atomic mass is 10.2. The molecular weight excluding hydrogens is 544 g/mol. The van der Waals surface area contributed by atoms with Crippen molar-refractivity contribution in [2.24, 2.45) is 0 Å². The Morgan fingerprint density at radius 1 is 0.625 bits per heavy atom. The molecular formula is C20H26N8O12. The molecule has 20 heteroatoms. The van der Waals surface area contributed by atoms with Gasteiger partial charge < -0.3 is 53.2 Å². The SMILES string of the molecule is Nc1nc(C(=O)NCCC(=O)NC(CC(=O)O)C(=O)O)c(N)nc1C(=O)NCCC(=O)NC(CC(=O)O)C(=O)O. The van der Waals surface area contributed by atoms with Crippen LogP contribution in [-0.4, -0.2) is 103 Å². The van der Waals surface area contributed by atoms with Crippen molar-refractivity contribution in [3.63, 3.8) is 0 Å². The van der Waals surface area contributed by atoms with Gasteiger partial charge in [0.15, 0.2) is 23.0 Å². The van der Waals surface area contributed by atoms with E-state index in [2.05, 4.69) is 20.6 Å². The highest BCUT2D eigenvalue weighted by Crippen LogP contribution is 2.13. The fourth-order valence-corrected chi connectivity index (χ4v) is 2.82. The third-order valence-electron chi connectivity index (χ3n) is 4.68. The quantitative estimate of drug-likeness (QED) is 0.0903. The summed E-state index contributed by atoms with van der Waals surface area (Å²) in [5, 5.41) is 43.7. The zero-order chi connectivity index (χ0) is 30.6. The average molecular weight is 570 g/mol. The molecule has 0 radical (unpaired) electrons. The van der Waals surface area contributed by atoms with E-state index in [4.69, 9.17) is 31.9 Å². The van der Waals surface area contributed by atoms with E-state index in [1.807, 2.05) is 10.6 Å². The zero-order valence-electron chi connectivity index (χ0n) is 20.5. The predicted molar refractivity (Wildman–Crippen MR) is 128 cm³/mol. The summed E-state index contributed by atoms with van der Waals surface area (Å²) in [6.45, 7) is -0.685. The highest BCUT2D eigenvalue weighted by Gasteiger charge is 2.25. The number of anilines is 2. The lowest BCUT2D eigenvalue weighted by Gasteiger charge is -2.13. The summed E-state index contributed by atoms with van der Waals surface area (Å²) in [4.78, 5) is 99.0. The first-order valence-corrected chi connectivity index (χ1v) is 11.1. The molecule has 4 amide bonds. The van der Waals surface area contributed by atoms with E-state index in [1.54, 1.807) is 0 Å².